The van der Waals surface area contributed by atoms with Crippen LogP contribution in [-0.4, -0.2) is 19.6 Å². The minimum absolute atomic E-state index is 0.962. The van der Waals surface area contributed by atoms with Gasteiger partial charge in [0.25, 0.3) is 0 Å². The van der Waals surface area contributed by atoms with E-state index in [-0.39, 0.29) is 0 Å². The Labute approximate surface area is 94.7 Å². The number of hydrogen-bond donors (Lipinski definition) is 3. The second-order valence-corrected chi connectivity index (χ2v) is 3.55. The zero-order valence-corrected chi connectivity index (χ0v) is 10.7. The van der Waals surface area contributed by atoms with E-state index in [1.807, 2.05) is 0 Å². The topological polar surface area (TPSA) is 36.1 Å². The first-order valence-electron chi connectivity index (χ1n) is 6.24. The molecule has 0 saturated heterocycles. The maximum absolute atomic E-state index is 3.44. The van der Waals surface area contributed by atoms with Crippen LogP contribution in [0.5, 0.6) is 0 Å². The fourth-order valence-corrected chi connectivity index (χ4v) is 1.50. The van der Waals surface area contributed by atoms with Crippen LogP contribution in [0.1, 0.15) is 47.0 Å². The first kappa shape index (κ1) is 14.1. The summed E-state index contributed by atoms with van der Waals surface area (Å²) in [7, 11) is 0. The molecule has 0 spiro atoms. The normalized spacial score (nSPS) is 9.60. The van der Waals surface area contributed by atoms with Gasteiger partial charge in [-0.1, -0.05) is 13.3 Å². The first-order valence-corrected chi connectivity index (χ1v) is 6.24. The highest BCUT2D eigenvalue weighted by atomic mass is 15.1. The van der Waals surface area contributed by atoms with Crippen molar-refractivity contribution >= 4 is 0 Å². The molecule has 0 aromatic carbocycles. The predicted octanol–water partition coefficient (Wildman–Crippen LogP) is 2.17. The molecule has 0 fully saturated rings. The van der Waals surface area contributed by atoms with Gasteiger partial charge < -0.3 is 16.0 Å². The molecule has 0 rings (SSSR count). The van der Waals surface area contributed by atoms with Gasteiger partial charge in [0, 0.05) is 19.6 Å². The molecule has 3 nitrogen and oxygen atoms in total. The molecule has 0 aliphatic rings. The Morgan fingerprint density at radius 3 is 1.73 bits per heavy atom. The van der Waals surface area contributed by atoms with Crippen LogP contribution >= 0.6 is 0 Å². The monoisotopic (exact) mass is 213 g/mol. The summed E-state index contributed by atoms with van der Waals surface area (Å²) in [4.78, 5) is 0. The van der Waals surface area contributed by atoms with Crippen molar-refractivity contribution in [2.45, 2.75) is 47.0 Å². The van der Waals surface area contributed by atoms with Gasteiger partial charge in [-0.3, -0.25) is 0 Å². The number of hydrogen-bond acceptors (Lipinski definition) is 3. The molecule has 15 heavy (non-hydrogen) atoms. The Morgan fingerprint density at radius 1 is 0.800 bits per heavy atom. The van der Waals surface area contributed by atoms with E-state index in [0.717, 1.165) is 26.1 Å². The Balaban J connectivity index is 4.45. The van der Waals surface area contributed by atoms with E-state index in [2.05, 4.69) is 43.6 Å². The summed E-state index contributed by atoms with van der Waals surface area (Å²) in [5.41, 5.74) is 1.32. The van der Waals surface area contributed by atoms with Crippen molar-refractivity contribution in [1.29, 1.82) is 0 Å². The first-order chi connectivity index (χ1) is 7.29. The van der Waals surface area contributed by atoms with E-state index in [4.69, 9.17) is 0 Å². The summed E-state index contributed by atoms with van der Waals surface area (Å²) in [5, 5.41) is 10.2. The minimum atomic E-state index is 0.962. The summed E-state index contributed by atoms with van der Waals surface area (Å²) in [5.74, 6) is 1.18. The van der Waals surface area contributed by atoms with Gasteiger partial charge in [0.05, 0.1) is 5.70 Å². The summed E-state index contributed by atoms with van der Waals surface area (Å²) in [6.07, 6.45) is 3.60. The summed E-state index contributed by atoms with van der Waals surface area (Å²) in [6.45, 7) is 11.5. The van der Waals surface area contributed by atoms with Gasteiger partial charge in [-0.05, 0) is 33.6 Å². The van der Waals surface area contributed by atoms with Gasteiger partial charge in [-0.2, -0.15) is 0 Å². The van der Waals surface area contributed by atoms with Crippen LogP contribution in [0.4, 0.5) is 0 Å². The van der Waals surface area contributed by atoms with Crippen molar-refractivity contribution in [2.24, 2.45) is 0 Å². The van der Waals surface area contributed by atoms with Crippen LogP contribution in [0.2, 0.25) is 0 Å². The molecule has 0 amide bonds. The number of nitrogens with one attached hydrogen (secondary N) is 3. The Hall–Kier alpha value is -0.860. The lowest BCUT2D eigenvalue weighted by molar-refractivity contribution is 0.636. The van der Waals surface area contributed by atoms with Gasteiger partial charge in [0.15, 0.2) is 0 Å². The number of unbranched alkanes of at least 4 members (excludes halogenated alkanes) is 1. The Kier molecular flexibility index (Phi) is 9.13. The maximum atomic E-state index is 3.44. The average Bonchev–Trinajstić information content (AvgIpc) is 2.24. The zero-order chi connectivity index (χ0) is 11.5. The molecule has 0 saturated carbocycles. The van der Waals surface area contributed by atoms with Crippen LogP contribution in [0.3, 0.4) is 0 Å². The quantitative estimate of drug-likeness (QED) is 0.549. The highest BCUT2D eigenvalue weighted by molar-refractivity contribution is 5.09. The van der Waals surface area contributed by atoms with Gasteiger partial charge in [-0.25, -0.2) is 0 Å². The molecule has 0 heterocycles. The molecule has 0 unspecified atom stereocenters. The smallest absolute Gasteiger partial charge is 0.118 e. The molecule has 0 aliphatic carbocycles. The average molecular weight is 213 g/mol. The Bertz CT molecular complexity index is 168. The second-order valence-electron chi connectivity index (χ2n) is 3.55. The van der Waals surface area contributed by atoms with Gasteiger partial charge in [0.2, 0.25) is 0 Å². The summed E-state index contributed by atoms with van der Waals surface area (Å²) >= 11 is 0. The van der Waals surface area contributed by atoms with Crippen molar-refractivity contribution in [3.05, 3.63) is 11.5 Å². The van der Waals surface area contributed by atoms with Gasteiger partial charge in [-0.15, -0.1) is 0 Å². The molecule has 0 radical (unpaired) electrons. The number of allylic oxidation sites excluding steroid dienone is 1. The van der Waals surface area contributed by atoms with E-state index in [9.17, 15) is 0 Å². The van der Waals surface area contributed by atoms with Gasteiger partial charge in [0.1, 0.15) is 5.82 Å². The predicted molar refractivity (Wildman–Crippen MR) is 67.6 cm³/mol. The standard InChI is InChI=1S/C12H27N3/c1-5-9-10-11(13-6-2)12(14-7-3)15-8-4/h13-15H,5-10H2,1-4H3. The third-order valence-electron chi connectivity index (χ3n) is 2.18. The third-order valence-corrected chi connectivity index (χ3v) is 2.18. The summed E-state index contributed by atoms with van der Waals surface area (Å²) in [6, 6.07) is 0. The van der Waals surface area contributed by atoms with E-state index in [1.165, 1.54) is 24.4 Å². The fourth-order valence-electron chi connectivity index (χ4n) is 1.50. The zero-order valence-electron chi connectivity index (χ0n) is 10.7. The largest absolute Gasteiger partial charge is 0.386 e. The number of rotatable bonds is 9. The Morgan fingerprint density at radius 2 is 1.33 bits per heavy atom. The lowest BCUT2D eigenvalue weighted by Gasteiger charge is -2.18. The van der Waals surface area contributed by atoms with Crippen molar-refractivity contribution < 1.29 is 0 Å². The highest BCUT2D eigenvalue weighted by Crippen LogP contribution is 2.06. The second kappa shape index (κ2) is 9.69. The molecule has 90 valence electrons. The fraction of sp³-hybridized carbons (Fsp3) is 0.833. The minimum Gasteiger partial charge on any atom is -0.386 e. The molecular weight excluding hydrogens is 186 g/mol. The highest BCUT2D eigenvalue weighted by Gasteiger charge is 2.03. The molecule has 0 bridgehead atoms. The molecule has 0 aliphatic heterocycles. The van der Waals surface area contributed by atoms with Crippen LogP contribution in [0.25, 0.3) is 0 Å². The van der Waals surface area contributed by atoms with Crippen LogP contribution < -0.4 is 16.0 Å². The van der Waals surface area contributed by atoms with Crippen LogP contribution in [-0.2, 0) is 0 Å². The SMILES string of the molecule is CCCCC(NCC)=C(NCC)NCC. The van der Waals surface area contributed by atoms with Gasteiger partial charge >= 0.3 is 0 Å². The molecule has 0 aromatic heterocycles. The maximum Gasteiger partial charge on any atom is 0.118 e. The molecule has 3 N–H and O–H groups in total. The van der Waals surface area contributed by atoms with Crippen molar-refractivity contribution in [2.75, 3.05) is 19.6 Å². The van der Waals surface area contributed by atoms with Crippen molar-refractivity contribution in [1.82, 2.24) is 16.0 Å². The van der Waals surface area contributed by atoms with Crippen molar-refractivity contribution in [3.63, 3.8) is 0 Å². The van der Waals surface area contributed by atoms with E-state index in [0.29, 0.717) is 0 Å². The molecular formula is C12H27N3. The molecule has 0 aromatic rings. The molecule has 0 atom stereocenters. The van der Waals surface area contributed by atoms with E-state index < -0.39 is 0 Å². The summed E-state index contributed by atoms with van der Waals surface area (Å²) < 4.78 is 0. The van der Waals surface area contributed by atoms with E-state index >= 15 is 0 Å². The lowest BCUT2D eigenvalue weighted by Crippen LogP contribution is -2.31. The third kappa shape index (κ3) is 6.26. The molecule has 3 heteroatoms. The lowest BCUT2D eigenvalue weighted by atomic mass is 10.2. The van der Waals surface area contributed by atoms with Crippen LogP contribution in [0.15, 0.2) is 11.5 Å². The van der Waals surface area contributed by atoms with Crippen LogP contribution in [0, 0.1) is 0 Å². The van der Waals surface area contributed by atoms with Crippen molar-refractivity contribution in [3.8, 4) is 0 Å². The van der Waals surface area contributed by atoms with E-state index in [1.54, 1.807) is 0 Å².